The summed E-state index contributed by atoms with van der Waals surface area (Å²) < 4.78 is 58.8. The predicted octanol–water partition coefficient (Wildman–Crippen LogP) is 5.74. The molecule has 5 heterocycles. The van der Waals surface area contributed by atoms with E-state index in [1.807, 2.05) is 6.92 Å². The Morgan fingerprint density at radius 3 is 2.78 bits per heavy atom. The molecule has 234 valence electrons. The van der Waals surface area contributed by atoms with Crippen LogP contribution >= 0.6 is 0 Å². The van der Waals surface area contributed by atoms with Crippen molar-refractivity contribution in [1.82, 2.24) is 19.9 Å². The summed E-state index contributed by atoms with van der Waals surface area (Å²) in [5.74, 6) is -1.86. The van der Waals surface area contributed by atoms with Crippen molar-refractivity contribution in [1.29, 1.82) is 0 Å². The van der Waals surface area contributed by atoms with Gasteiger partial charge in [0.25, 0.3) is 0 Å². The number of halogens is 3. The van der Waals surface area contributed by atoms with Crippen molar-refractivity contribution in [3.63, 3.8) is 0 Å². The van der Waals surface area contributed by atoms with Gasteiger partial charge in [0.05, 0.1) is 17.1 Å². The number of Topliss-reactive ketones (excluding diaryl/α,β-unsaturated/α-hetero) is 1. The molecule has 3 aliphatic heterocycles. The number of ketones is 1. The van der Waals surface area contributed by atoms with E-state index < -0.39 is 29.1 Å². The maximum atomic E-state index is 16.9. The number of carbonyl (C=O) groups is 1. The van der Waals surface area contributed by atoms with Crippen molar-refractivity contribution < 1.29 is 32.5 Å². The number of phenolic OH excluding ortho intramolecular Hbond substituents is 1. The molecule has 9 nitrogen and oxygen atoms in total. The molecule has 45 heavy (non-hydrogen) atoms. The van der Waals surface area contributed by atoms with Gasteiger partial charge >= 0.3 is 6.01 Å². The first-order valence-electron chi connectivity index (χ1n) is 15.4. The number of alkyl halides is 1. The van der Waals surface area contributed by atoms with Gasteiger partial charge in [-0.1, -0.05) is 6.07 Å². The van der Waals surface area contributed by atoms with E-state index >= 15 is 8.78 Å². The third-order valence-electron chi connectivity index (χ3n) is 9.72. The molecule has 8 rings (SSSR count). The van der Waals surface area contributed by atoms with E-state index in [0.29, 0.717) is 24.2 Å². The van der Waals surface area contributed by atoms with Gasteiger partial charge in [0.1, 0.15) is 53.4 Å². The van der Waals surface area contributed by atoms with E-state index in [9.17, 15) is 14.3 Å². The Morgan fingerprint density at radius 2 is 2.00 bits per heavy atom. The number of benzene rings is 2. The van der Waals surface area contributed by atoms with Crippen molar-refractivity contribution in [3.05, 3.63) is 41.5 Å². The summed E-state index contributed by atoms with van der Waals surface area (Å²) in [7, 11) is 0. The molecule has 0 spiro atoms. The Kier molecular flexibility index (Phi) is 6.39. The number of anilines is 1. The largest absolute Gasteiger partial charge is 0.508 e. The number of phenols is 1. The molecule has 1 unspecified atom stereocenters. The van der Waals surface area contributed by atoms with Crippen LogP contribution in [-0.4, -0.2) is 80.8 Å². The highest BCUT2D eigenvalue weighted by Gasteiger charge is 2.49. The topological polar surface area (TPSA) is 101 Å². The Bertz CT molecular complexity index is 1900. The molecule has 3 fully saturated rings. The van der Waals surface area contributed by atoms with Gasteiger partial charge in [0, 0.05) is 30.0 Å². The third kappa shape index (κ3) is 4.47. The number of carbonyl (C=O) groups excluding carboxylic acids is 1. The number of aromatic nitrogens is 3. The fraction of sp³-hybridized carbons (Fsp3) is 0.455. The number of hydrogen-bond donors (Lipinski definition) is 1. The second-order valence-electron chi connectivity index (χ2n) is 12.9. The van der Waals surface area contributed by atoms with Crippen molar-refractivity contribution in [2.24, 2.45) is 0 Å². The summed E-state index contributed by atoms with van der Waals surface area (Å²) in [6.45, 7) is 4.79. The minimum Gasteiger partial charge on any atom is -0.508 e. The second kappa shape index (κ2) is 10.2. The van der Waals surface area contributed by atoms with Gasteiger partial charge < -0.3 is 19.5 Å². The SMILES string of the molecule is CC(=O)c1c(F)ccc2cc(O)cc(-c3nc4c5c(nc(OC[C@@]67CCCN6C[C@H](F)C7)nc5c3F)N(C3CC3)C(C)CO4)c12. The fourth-order valence-electron chi connectivity index (χ4n) is 7.62. The van der Waals surface area contributed by atoms with Crippen LogP contribution in [0.4, 0.5) is 19.0 Å². The van der Waals surface area contributed by atoms with E-state index in [1.165, 1.54) is 25.1 Å². The van der Waals surface area contributed by atoms with Crippen molar-refractivity contribution in [3.8, 4) is 28.9 Å². The normalized spacial score (nSPS) is 24.6. The van der Waals surface area contributed by atoms with Gasteiger partial charge in [-0.2, -0.15) is 9.97 Å². The summed E-state index contributed by atoms with van der Waals surface area (Å²) in [6.07, 6.45) is 3.05. The van der Waals surface area contributed by atoms with Gasteiger partial charge in [-0.3, -0.25) is 9.69 Å². The minimum atomic E-state index is -0.935. The Balaban J connectivity index is 1.34. The third-order valence-corrected chi connectivity index (χ3v) is 9.72. The number of aromatic hydroxyl groups is 1. The van der Waals surface area contributed by atoms with Crippen LogP contribution < -0.4 is 14.4 Å². The Hall–Kier alpha value is -4.19. The molecule has 0 amide bonds. The van der Waals surface area contributed by atoms with E-state index in [0.717, 1.165) is 38.3 Å². The van der Waals surface area contributed by atoms with Crippen LogP contribution in [-0.2, 0) is 0 Å². The molecule has 12 heteroatoms. The summed E-state index contributed by atoms with van der Waals surface area (Å²) in [6, 6.07) is 5.21. The molecule has 0 radical (unpaired) electrons. The average Bonchev–Trinajstić information content (AvgIpc) is 3.70. The number of fused-ring (bicyclic) bond motifs is 2. The summed E-state index contributed by atoms with van der Waals surface area (Å²) in [4.78, 5) is 30.8. The predicted molar refractivity (Wildman–Crippen MR) is 161 cm³/mol. The summed E-state index contributed by atoms with van der Waals surface area (Å²) in [5, 5.41) is 11.4. The van der Waals surface area contributed by atoms with Crippen molar-refractivity contribution >= 4 is 33.3 Å². The lowest BCUT2D eigenvalue weighted by molar-refractivity contribution is 0.101. The second-order valence-corrected chi connectivity index (χ2v) is 12.9. The van der Waals surface area contributed by atoms with Crippen molar-refractivity contribution in [2.75, 3.05) is 31.2 Å². The van der Waals surface area contributed by atoms with Gasteiger partial charge in [0.2, 0.25) is 5.88 Å². The van der Waals surface area contributed by atoms with Crippen LogP contribution in [0.3, 0.4) is 0 Å². The molecule has 1 N–H and O–H groups in total. The zero-order chi connectivity index (χ0) is 31.2. The van der Waals surface area contributed by atoms with Gasteiger partial charge in [-0.05, 0) is 69.7 Å². The summed E-state index contributed by atoms with van der Waals surface area (Å²) >= 11 is 0. The molecular formula is C33H32F3N5O4. The first kappa shape index (κ1) is 28.3. The van der Waals surface area contributed by atoms with E-state index in [4.69, 9.17) is 14.5 Å². The Morgan fingerprint density at radius 1 is 1.18 bits per heavy atom. The molecular weight excluding hydrogens is 587 g/mol. The van der Waals surface area contributed by atoms with Crippen LogP contribution in [0.25, 0.3) is 32.9 Å². The van der Waals surface area contributed by atoms with Crippen LogP contribution in [0.5, 0.6) is 17.6 Å². The fourth-order valence-corrected chi connectivity index (χ4v) is 7.62. The summed E-state index contributed by atoms with van der Waals surface area (Å²) in [5.41, 5.74) is -1.04. The van der Waals surface area contributed by atoms with E-state index in [-0.39, 0.29) is 76.0 Å². The van der Waals surface area contributed by atoms with Gasteiger partial charge in [-0.25, -0.2) is 18.2 Å². The smallest absolute Gasteiger partial charge is 0.319 e. The Labute approximate surface area is 257 Å². The quantitative estimate of drug-likeness (QED) is 0.271. The van der Waals surface area contributed by atoms with E-state index in [2.05, 4.69) is 19.8 Å². The molecule has 4 aromatic rings. The molecule has 2 saturated heterocycles. The molecule has 0 bridgehead atoms. The number of rotatable bonds is 6. The lowest BCUT2D eigenvalue weighted by Gasteiger charge is -2.31. The molecule has 1 saturated carbocycles. The first-order valence-corrected chi connectivity index (χ1v) is 15.4. The maximum Gasteiger partial charge on any atom is 0.319 e. The van der Waals surface area contributed by atoms with Crippen LogP contribution in [0.2, 0.25) is 0 Å². The number of nitrogens with zero attached hydrogens (tertiary/aromatic N) is 5. The van der Waals surface area contributed by atoms with Crippen molar-refractivity contribution in [2.45, 2.75) is 69.7 Å². The standard InChI is InChI=1S/C33H32F3N5O4/c1-16-14-44-31-26-29(27(36)28(37-31)22-11-21(43)10-18-4-7-23(35)24(17(2)42)25(18)22)38-32(39-30(26)41(16)20-5-6-20)45-15-33-8-3-9-40(33)13-19(34)12-33/h4,7,10-11,16,19-20,43H,3,5-6,8-9,12-15H2,1-2H3/t16?,19-,33+/m1/s1. The zero-order valence-electron chi connectivity index (χ0n) is 24.9. The molecule has 2 aromatic heterocycles. The average molecular weight is 620 g/mol. The molecule has 2 aromatic carbocycles. The van der Waals surface area contributed by atoms with Gasteiger partial charge in [0.15, 0.2) is 11.6 Å². The lowest BCUT2D eigenvalue weighted by Crippen LogP contribution is -2.43. The lowest BCUT2D eigenvalue weighted by atomic mass is 9.94. The first-order chi connectivity index (χ1) is 21.6. The molecule has 4 aliphatic rings. The number of ether oxygens (including phenoxy) is 2. The zero-order valence-corrected chi connectivity index (χ0v) is 24.9. The van der Waals surface area contributed by atoms with Crippen LogP contribution in [0.1, 0.15) is 56.3 Å². The highest BCUT2D eigenvalue weighted by molar-refractivity contribution is 6.13. The molecule has 3 atom stereocenters. The molecule has 1 aliphatic carbocycles. The maximum absolute atomic E-state index is 16.9. The number of pyridine rings is 1. The van der Waals surface area contributed by atoms with Crippen LogP contribution in [0, 0.1) is 11.6 Å². The van der Waals surface area contributed by atoms with E-state index in [1.54, 1.807) is 0 Å². The number of hydrogen-bond acceptors (Lipinski definition) is 9. The van der Waals surface area contributed by atoms with Crippen LogP contribution in [0.15, 0.2) is 24.3 Å². The highest BCUT2D eigenvalue weighted by atomic mass is 19.1. The van der Waals surface area contributed by atoms with Gasteiger partial charge in [-0.15, -0.1) is 0 Å². The monoisotopic (exact) mass is 619 g/mol. The minimum absolute atomic E-state index is 0.0216. The highest BCUT2D eigenvalue weighted by Crippen LogP contribution is 2.46.